The topological polar surface area (TPSA) is 87.0 Å². The number of hydrogen-bond acceptors (Lipinski definition) is 2. The molecule has 4 aromatic rings. The van der Waals surface area contributed by atoms with Gasteiger partial charge in [0.25, 0.3) is 0 Å². The van der Waals surface area contributed by atoms with E-state index in [1.165, 1.54) is 38.2 Å². The molecular weight excluding hydrogens is 490 g/mol. The minimum absolute atomic E-state index is 0.915. The predicted octanol–water partition coefficient (Wildman–Crippen LogP) is 4.92. The first-order valence-corrected chi connectivity index (χ1v) is 15.4. The number of ether oxygens (including phenoxy) is 1. The van der Waals surface area contributed by atoms with Crippen molar-refractivity contribution in [2.45, 2.75) is 26.9 Å². The van der Waals surface area contributed by atoms with Gasteiger partial charge in [0, 0.05) is 0 Å². The first-order valence-electron chi connectivity index (χ1n) is 11.6. The smallest absolute Gasteiger partial charge is 0.303 e. The van der Waals surface area contributed by atoms with E-state index in [4.69, 9.17) is 24.0 Å². The van der Waals surface area contributed by atoms with Crippen LogP contribution in [-0.4, -0.2) is 21.8 Å². The van der Waals surface area contributed by atoms with Gasteiger partial charge in [0.15, 0.2) is 0 Å². The third kappa shape index (κ3) is 7.36. The van der Waals surface area contributed by atoms with Gasteiger partial charge >= 0.3 is 195 Å². The van der Waals surface area contributed by atoms with Crippen LogP contribution in [0.3, 0.4) is 0 Å². The molecule has 0 aliphatic rings. The summed E-state index contributed by atoms with van der Waals surface area (Å²) in [4.78, 5) is 21.6. The molecule has 0 atom stereocenters. The van der Waals surface area contributed by atoms with Crippen LogP contribution in [0.5, 0.6) is 5.75 Å². The Balaban J connectivity index is 0.000000658. The SMILES string of the molecule is COc1cccc(C[PH](c2cccc(C)c2)(c2cccc(C)c2)c2cccc(C)c2)c1.O=P(O)(O)O. The average molecular weight is 525 g/mol. The summed E-state index contributed by atoms with van der Waals surface area (Å²) in [6, 6.07) is 36.0. The second-order valence-corrected chi connectivity index (χ2v) is 14.0. The van der Waals surface area contributed by atoms with E-state index in [2.05, 4.69) is 112 Å². The van der Waals surface area contributed by atoms with E-state index in [1.54, 1.807) is 7.11 Å². The largest absolute Gasteiger partial charge is 0.466 e. The van der Waals surface area contributed by atoms with Crippen molar-refractivity contribution in [2.75, 3.05) is 7.11 Å². The summed E-state index contributed by atoms with van der Waals surface area (Å²) >= 11 is 0. The fourth-order valence-corrected chi connectivity index (χ4v) is 9.64. The standard InChI is InChI=1S/C29H31OP.H3O4P/c1-22-9-5-14-27(17-22)31(28-15-6-10-23(2)18-28,29-16-7-11-24(3)19-29)21-25-12-8-13-26(20-25)30-4;1-5(2,3)4/h5-20,31H,21H2,1-4H3;(H3,1,2,3,4). The zero-order chi connectivity index (χ0) is 26.3. The molecule has 0 spiro atoms. The summed E-state index contributed by atoms with van der Waals surface area (Å²) in [7, 11) is -5.25. The minimum Gasteiger partial charge on any atom is -0.303 e. The second kappa shape index (κ2) is 12.0. The van der Waals surface area contributed by atoms with E-state index in [1.807, 2.05) is 6.07 Å². The summed E-state index contributed by atoms with van der Waals surface area (Å²) in [5, 5.41) is 4.35. The van der Waals surface area contributed by atoms with E-state index in [9.17, 15) is 0 Å². The van der Waals surface area contributed by atoms with E-state index >= 15 is 0 Å². The number of aryl methyl sites for hydroxylation is 3. The molecule has 3 N–H and O–H groups in total. The Hall–Kier alpha value is -2.78. The maximum Gasteiger partial charge on any atom is 0.466 e. The summed E-state index contributed by atoms with van der Waals surface area (Å²) in [5.41, 5.74) is 5.23. The molecule has 5 nitrogen and oxygen atoms in total. The molecule has 0 saturated heterocycles. The maximum absolute atomic E-state index is 8.88. The fraction of sp³-hybridized carbons (Fsp3) is 0.172. The normalized spacial score (nSPS) is 11.9. The predicted molar refractivity (Wildman–Crippen MR) is 152 cm³/mol. The number of phosphoric acid groups is 1. The summed E-state index contributed by atoms with van der Waals surface area (Å²) < 4.78 is 14.4. The van der Waals surface area contributed by atoms with Gasteiger partial charge in [-0.15, -0.1) is 0 Å². The Kier molecular flexibility index (Phi) is 9.24. The van der Waals surface area contributed by atoms with E-state index in [-0.39, 0.29) is 0 Å². The van der Waals surface area contributed by atoms with E-state index in [0.717, 1.165) is 11.9 Å². The molecule has 0 aromatic heterocycles. The Morgan fingerprint density at radius 2 is 1.06 bits per heavy atom. The van der Waals surface area contributed by atoms with Crippen LogP contribution < -0.4 is 20.7 Å². The minimum atomic E-state index is -4.64. The quantitative estimate of drug-likeness (QED) is 0.312. The third-order valence-corrected chi connectivity index (χ3v) is 11.0. The summed E-state index contributed by atoms with van der Waals surface area (Å²) in [6.07, 6.45) is 0.987. The number of methoxy groups -OCH3 is 1. The first kappa shape index (κ1) is 27.8. The first-order chi connectivity index (χ1) is 17.0. The Labute approximate surface area is 214 Å². The Morgan fingerprint density at radius 3 is 1.42 bits per heavy atom. The fourth-order valence-electron chi connectivity index (χ4n) is 4.63. The van der Waals surface area contributed by atoms with Crippen LogP contribution in [0, 0.1) is 20.8 Å². The van der Waals surface area contributed by atoms with Crippen LogP contribution in [-0.2, 0) is 10.7 Å². The van der Waals surface area contributed by atoms with Gasteiger partial charge in [0.1, 0.15) is 0 Å². The molecule has 0 heterocycles. The van der Waals surface area contributed by atoms with Gasteiger partial charge in [-0.3, -0.25) is 0 Å². The molecular formula is C29H34O5P2. The van der Waals surface area contributed by atoms with E-state index < -0.39 is 15.1 Å². The van der Waals surface area contributed by atoms with Gasteiger partial charge in [-0.2, -0.15) is 0 Å². The maximum atomic E-state index is 8.88. The molecule has 0 bridgehead atoms. The number of rotatable bonds is 6. The van der Waals surface area contributed by atoms with Crippen molar-refractivity contribution in [1.82, 2.24) is 0 Å². The van der Waals surface area contributed by atoms with Gasteiger partial charge in [-0.25, -0.2) is 4.57 Å². The van der Waals surface area contributed by atoms with Crippen molar-refractivity contribution in [3.05, 3.63) is 119 Å². The van der Waals surface area contributed by atoms with Gasteiger partial charge in [0.05, 0.1) is 0 Å². The summed E-state index contributed by atoms with van der Waals surface area (Å²) in [5.74, 6) is 0.915. The Morgan fingerprint density at radius 1 is 0.667 bits per heavy atom. The molecule has 0 aliphatic heterocycles. The molecule has 36 heavy (non-hydrogen) atoms. The molecule has 0 radical (unpaired) electrons. The van der Waals surface area contributed by atoms with Crippen LogP contribution in [0.4, 0.5) is 0 Å². The van der Waals surface area contributed by atoms with Gasteiger partial charge < -0.3 is 14.7 Å². The molecule has 0 aliphatic carbocycles. The van der Waals surface area contributed by atoms with Gasteiger partial charge in [-0.05, 0) is 0 Å². The molecule has 7 heteroatoms. The molecule has 0 saturated carbocycles. The number of benzene rings is 4. The van der Waals surface area contributed by atoms with Crippen LogP contribution in [0.1, 0.15) is 22.3 Å². The van der Waals surface area contributed by atoms with Crippen molar-refractivity contribution >= 4 is 31.0 Å². The Bertz CT molecular complexity index is 1240. The van der Waals surface area contributed by atoms with Crippen LogP contribution >= 0.6 is 15.1 Å². The molecule has 0 unspecified atom stereocenters. The van der Waals surface area contributed by atoms with Crippen molar-refractivity contribution in [2.24, 2.45) is 0 Å². The summed E-state index contributed by atoms with van der Waals surface area (Å²) in [6.45, 7) is 6.59. The van der Waals surface area contributed by atoms with Gasteiger partial charge in [-0.1, -0.05) is 0 Å². The van der Waals surface area contributed by atoms with Crippen LogP contribution in [0.15, 0.2) is 97.1 Å². The molecule has 0 amide bonds. The molecule has 4 aromatic carbocycles. The van der Waals surface area contributed by atoms with Crippen molar-refractivity contribution < 1.29 is 24.0 Å². The second-order valence-electron chi connectivity index (χ2n) is 9.06. The van der Waals surface area contributed by atoms with Gasteiger partial charge in [0.2, 0.25) is 0 Å². The van der Waals surface area contributed by atoms with Crippen molar-refractivity contribution in [3.63, 3.8) is 0 Å². The molecule has 4 rings (SSSR count). The number of hydrogen-bond donors (Lipinski definition) is 3. The molecule has 190 valence electrons. The van der Waals surface area contributed by atoms with Crippen molar-refractivity contribution in [1.29, 1.82) is 0 Å². The monoisotopic (exact) mass is 524 g/mol. The third-order valence-electron chi connectivity index (χ3n) is 6.14. The van der Waals surface area contributed by atoms with Crippen molar-refractivity contribution in [3.8, 4) is 5.75 Å². The zero-order valence-electron chi connectivity index (χ0n) is 21.1. The molecule has 0 fully saturated rings. The van der Waals surface area contributed by atoms with E-state index in [0.29, 0.717) is 0 Å². The van der Waals surface area contributed by atoms with Crippen LogP contribution in [0.2, 0.25) is 0 Å². The van der Waals surface area contributed by atoms with Crippen LogP contribution in [0.25, 0.3) is 0 Å². The average Bonchev–Trinajstić information content (AvgIpc) is 2.81. The zero-order valence-corrected chi connectivity index (χ0v) is 22.9.